The Labute approximate surface area is 152 Å². The van der Waals surface area contributed by atoms with Gasteiger partial charge in [-0.2, -0.15) is 0 Å². The van der Waals surface area contributed by atoms with E-state index < -0.39 is 0 Å². The van der Waals surface area contributed by atoms with Gasteiger partial charge in [0, 0.05) is 58.8 Å². The predicted molar refractivity (Wildman–Crippen MR) is 98.9 cm³/mol. The van der Waals surface area contributed by atoms with Gasteiger partial charge in [-0.1, -0.05) is 0 Å². The molecule has 0 bridgehead atoms. The van der Waals surface area contributed by atoms with Crippen LogP contribution < -0.4 is 4.90 Å². The SMILES string of the molecule is COCCn1cnc2c(N3CCN(Cc4ccncc4)CC3)ncnc21. The number of imidazole rings is 1. The van der Waals surface area contributed by atoms with Crippen molar-refractivity contribution in [1.29, 1.82) is 0 Å². The number of anilines is 1. The van der Waals surface area contributed by atoms with Crippen molar-refractivity contribution in [2.75, 3.05) is 44.8 Å². The number of ether oxygens (including phenoxy) is 1. The van der Waals surface area contributed by atoms with Crippen LogP contribution in [-0.2, 0) is 17.8 Å². The number of rotatable bonds is 6. The lowest BCUT2D eigenvalue weighted by molar-refractivity contribution is 0.188. The summed E-state index contributed by atoms with van der Waals surface area (Å²) >= 11 is 0. The minimum absolute atomic E-state index is 0.637. The summed E-state index contributed by atoms with van der Waals surface area (Å²) in [5.74, 6) is 0.926. The van der Waals surface area contributed by atoms with Crippen LogP contribution in [0.2, 0.25) is 0 Å². The Morgan fingerprint density at radius 1 is 1.04 bits per heavy atom. The van der Waals surface area contributed by atoms with Crippen LogP contribution in [0.4, 0.5) is 5.82 Å². The highest BCUT2D eigenvalue weighted by Crippen LogP contribution is 2.23. The van der Waals surface area contributed by atoms with Crippen LogP contribution in [0.1, 0.15) is 5.56 Å². The zero-order valence-corrected chi connectivity index (χ0v) is 15.0. The van der Waals surface area contributed by atoms with Crippen molar-refractivity contribution in [1.82, 2.24) is 29.4 Å². The van der Waals surface area contributed by atoms with E-state index in [1.54, 1.807) is 13.4 Å². The molecular formula is C18H23N7O. The molecule has 4 heterocycles. The molecular weight excluding hydrogens is 330 g/mol. The first-order valence-electron chi connectivity index (χ1n) is 8.86. The van der Waals surface area contributed by atoms with E-state index in [0.29, 0.717) is 6.61 Å². The number of aromatic nitrogens is 5. The van der Waals surface area contributed by atoms with Gasteiger partial charge in [0.2, 0.25) is 0 Å². The molecule has 1 aliphatic heterocycles. The molecule has 1 saturated heterocycles. The van der Waals surface area contributed by atoms with Crippen molar-refractivity contribution < 1.29 is 4.74 Å². The van der Waals surface area contributed by atoms with Gasteiger partial charge < -0.3 is 14.2 Å². The van der Waals surface area contributed by atoms with E-state index in [2.05, 4.69) is 41.9 Å². The number of methoxy groups -OCH3 is 1. The Balaban J connectivity index is 1.45. The summed E-state index contributed by atoms with van der Waals surface area (Å²) < 4.78 is 7.18. The van der Waals surface area contributed by atoms with Gasteiger partial charge >= 0.3 is 0 Å². The lowest BCUT2D eigenvalue weighted by Gasteiger charge is -2.35. The topological polar surface area (TPSA) is 72.2 Å². The van der Waals surface area contributed by atoms with E-state index in [-0.39, 0.29) is 0 Å². The molecule has 0 spiro atoms. The summed E-state index contributed by atoms with van der Waals surface area (Å²) in [7, 11) is 1.70. The molecule has 26 heavy (non-hydrogen) atoms. The first-order chi connectivity index (χ1) is 12.8. The lowest BCUT2D eigenvalue weighted by Crippen LogP contribution is -2.46. The maximum Gasteiger partial charge on any atom is 0.165 e. The number of piperazine rings is 1. The first kappa shape index (κ1) is 16.9. The number of pyridine rings is 1. The van der Waals surface area contributed by atoms with Crippen molar-refractivity contribution in [2.24, 2.45) is 0 Å². The maximum absolute atomic E-state index is 5.16. The smallest absolute Gasteiger partial charge is 0.165 e. The zero-order chi connectivity index (χ0) is 17.8. The molecule has 1 aliphatic rings. The van der Waals surface area contributed by atoms with Crippen LogP contribution in [0.3, 0.4) is 0 Å². The van der Waals surface area contributed by atoms with Crippen molar-refractivity contribution >= 4 is 17.0 Å². The summed E-state index contributed by atoms with van der Waals surface area (Å²) in [6.45, 7) is 6.20. The summed E-state index contributed by atoms with van der Waals surface area (Å²) in [5, 5.41) is 0. The Bertz CT molecular complexity index is 843. The Morgan fingerprint density at radius 3 is 2.62 bits per heavy atom. The highest BCUT2D eigenvalue weighted by molar-refractivity contribution is 5.83. The molecule has 0 amide bonds. The van der Waals surface area contributed by atoms with Crippen LogP contribution >= 0.6 is 0 Å². The Kier molecular flexibility index (Phi) is 5.03. The molecule has 3 aromatic heterocycles. The monoisotopic (exact) mass is 353 g/mol. The zero-order valence-electron chi connectivity index (χ0n) is 15.0. The highest BCUT2D eigenvalue weighted by atomic mass is 16.5. The summed E-state index contributed by atoms with van der Waals surface area (Å²) in [6.07, 6.45) is 7.15. The molecule has 0 saturated carbocycles. The van der Waals surface area contributed by atoms with Crippen LogP contribution in [0.5, 0.6) is 0 Å². The second kappa shape index (κ2) is 7.76. The fourth-order valence-corrected chi connectivity index (χ4v) is 3.32. The van der Waals surface area contributed by atoms with Gasteiger partial charge in [0.05, 0.1) is 12.9 Å². The number of fused-ring (bicyclic) bond motifs is 1. The number of hydrogen-bond acceptors (Lipinski definition) is 7. The van der Waals surface area contributed by atoms with Crippen LogP contribution in [0.15, 0.2) is 37.2 Å². The Hall–Kier alpha value is -2.58. The van der Waals surface area contributed by atoms with Crippen LogP contribution in [-0.4, -0.2) is 69.3 Å². The molecule has 8 nitrogen and oxygen atoms in total. The normalized spacial score (nSPS) is 15.7. The van der Waals surface area contributed by atoms with Crippen molar-refractivity contribution in [3.63, 3.8) is 0 Å². The molecule has 0 aromatic carbocycles. The third-order valence-corrected chi connectivity index (χ3v) is 4.75. The second-order valence-corrected chi connectivity index (χ2v) is 6.42. The average molecular weight is 353 g/mol. The van der Waals surface area contributed by atoms with Crippen LogP contribution in [0, 0.1) is 0 Å². The molecule has 1 fully saturated rings. The molecule has 0 radical (unpaired) electrons. The van der Waals surface area contributed by atoms with Gasteiger partial charge in [-0.25, -0.2) is 15.0 Å². The van der Waals surface area contributed by atoms with Crippen LogP contribution in [0.25, 0.3) is 11.2 Å². The van der Waals surface area contributed by atoms with Crippen molar-refractivity contribution in [3.8, 4) is 0 Å². The molecule has 0 N–H and O–H groups in total. The van der Waals surface area contributed by atoms with E-state index in [1.165, 1.54) is 5.56 Å². The third kappa shape index (κ3) is 3.51. The quantitative estimate of drug-likeness (QED) is 0.659. The van der Waals surface area contributed by atoms with E-state index in [9.17, 15) is 0 Å². The number of hydrogen-bond donors (Lipinski definition) is 0. The average Bonchev–Trinajstić information content (AvgIpc) is 3.11. The fourth-order valence-electron chi connectivity index (χ4n) is 3.32. The summed E-state index contributed by atoms with van der Waals surface area (Å²) in [4.78, 5) is 22.3. The second-order valence-electron chi connectivity index (χ2n) is 6.42. The molecule has 0 unspecified atom stereocenters. The molecule has 0 aliphatic carbocycles. The molecule has 0 atom stereocenters. The number of nitrogens with zero attached hydrogens (tertiary/aromatic N) is 7. The minimum Gasteiger partial charge on any atom is -0.383 e. The van der Waals surface area contributed by atoms with Gasteiger partial charge in [-0.15, -0.1) is 0 Å². The standard InChI is InChI=1S/C18H23N7O/c1-26-11-10-25-14-22-16-17(20-13-21-18(16)25)24-8-6-23(7-9-24)12-15-2-4-19-5-3-15/h2-5,13-14H,6-12H2,1H3. The third-order valence-electron chi connectivity index (χ3n) is 4.75. The van der Waals surface area contributed by atoms with E-state index in [4.69, 9.17) is 4.74 Å². The van der Waals surface area contributed by atoms with E-state index >= 15 is 0 Å². The molecule has 8 heteroatoms. The minimum atomic E-state index is 0.637. The summed E-state index contributed by atoms with van der Waals surface area (Å²) in [6, 6.07) is 4.15. The first-order valence-corrected chi connectivity index (χ1v) is 8.86. The van der Waals surface area contributed by atoms with Crippen molar-refractivity contribution in [2.45, 2.75) is 13.1 Å². The molecule has 4 rings (SSSR count). The van der Waals surface area contributed by atoms with Gasteiger partial charge in [0.25, 0.3) is 0 Å². The maximum atomic E-state index is 5.16. The van der Waals surface area contributed by atoms with Gasteiger partial charge in [0.1, 0.15) is 6.33 Å². The Morgan fingerprint density at radius 2 is 1.85 bits per heavy atom. The summed E-state index contributed by atoms with van der Waals surface area (Å²) in [5.41, 5.74) is 3.03. The molecule has 3 aromatic rings. The van der Waals surface area contributed by atoms with Crippen molar-refractivity contribution in [3.05, 3.63) is 42.7 Å². The molecule has 136 valence electrons. The largest absolute Gasteiger partial charge is 0.383 e. The van der Waals surface area contributed by atoms with E-state index in [0.717, 1.165) is 56.3 Å². The highest BCUT2D eigenvalue weighted by Gasteiger charge is 2.21. The predicted octanol–water partition coefficient (Wildman–Crippen LogP) is 1.19. The van der Waals surface area contributed by atoms with Gasteiger partial charge in [-0.3, -0.25) is 9.88 Å². The fraction of sp³-hybridized carbons (Fsp3) is 0.444. The van der Waals surface area contributed by atoms with Gasteiger partial charge in [-0.05, 0) is 17.7 Å². The van der Waals surface area contributed by atoms with Gasteiger partial charge in [0.15, 0.2) is 17.0 Å². The van der Waals surface area contributed by atoms with E-state index in [1.807, 2.05) is 23.3 Å². The lowest BCUT2D eigenvalue weighted by atomic mass is 10.2.